The van der Waals surface area contributed by atoms with Crippen molar-refractivity contribution in [2.45, 2.75) is 13.5 Å². The van der Waals surface area contributed by atoms with E-state index in [1.54, 1.807) is 12.1 Å². The molecule has 4 rings (SSSR count). The number of anilines is 2. The van der Waals surface area contributed by atoms with E-state index in [2.05, 4.69) is 10.3 Å². The van der Waals surface area contributed by atoms with Gasteiger partial charge >= 0.3 is 0 Å². The highest BCUT2D eigenvalue weighted by atomic mass is 16.5. The monoisotopic (exact) mass is 350 g/mol. The molecule has 132 valence electrons. The van der Waals surface area contributed by atoms with Gasteiger partial charge in [-0.15, -0.1) is 0 Å². The van der Waals surface area contributed by atoms with Crippen LogP contribution in [0.3, 0.4) is 0 Å². The fraction of sp³-hybridized carbons (Fsp3) is 0.211. The van der Waals surface area contributed by atoms with Crippen molar-refractivity contribution < 1.29 is 14.3 Å². The summed E-state index contributed by atoms with van der Waals surface area (Å²) in [5.74, 6) is 0.524. The van der Waals surface area contributed by atoms with E-state index >= 15 is 0 Å². The Balaban J connectivity index is 1.57. The number of nitrogens with one attached hydrogen (secondary N) is 1. The van der Waals surface area contributed by atoms with Crippen molar-refractivity contribution in [2.24, 2.45) is 0 Å². The minimum Gasteiger partial charge on any atom is -0.482 e. The number of carbonyl (C=O) groups is 2. The summed E-state index contributed by atoms with van der Waals surface area (Å²) in [6, 6.07) is 14.9. The first kappa shape index (κ1) is 16.1. The van der Waals surface area contributed by atoms with Crippen molar-refractivity contribution >= 4 is 34.5 Å². The molecule has 0 atom stereocenters. The third-order valence-electron chi connectivity index (χ3n) is 4.33. The van der Waals surface area contributed by atoms with Crippen molar-refractivity contribution in [1.29, 1.82) is 0 Å². The van der Waals surface area contributed by atoms with Crippen molar-refractivity contribution in [2.75, 3.05) is 23.4 Å². The summed E-state index contributed by atoms with van der Waals surface area (Å²) in [5.41, 5.74) is 2.37. The number of aromatic nitrogens is 2. The molecule has 1 aliphatic heterocycles. The van der Waals surface area contributed by atoms with E-state index in [-0.39, 0.29) is 25.0 Å². The second kappa shape index (κ2) is 6.51. The fourth-order valence-corrected chi connectivity index (χ4v) is 3.13. The maximum Gasteiger partial charge on any atom is 0.265 e. The van der Waals surface area contributed by atoms with Gasteiger partial charge in [0.25, 0.3) is 5.91 Å². The molecule has 0 unspecified atom stereocenters. The summed E-state index contributed by atoms with van der Waals surface area (Å²) >= 11 is 0. The normalized spacial score (nSPS) is 13.4. The lowest BCUT2D eigenvalue weighted by molar-refractivity contribution is -0.123. The minimum absolute atomic E-state index is 0.0717. The van der Waals surface area contributed by atoms with E-state index in [4.69, 9.17) is 4.74 Å². The molecule has 3 aromatic rings. The average Bonchev–Trinajstić information content (AvgIpc) is 3.01. The SMILES string of the molecule is CCn1c(NC(=O)CN2C(=O)COc3ccccc32)nc2ccccc21. The van der Waals surface area contributed by atoms with E-state index in [0.29, 0.717) is 23.9 Å². The molecule has 7 heteroatoms. The quantitative estimate of drug-likeness (QED) is 0.784. The molecule has 2 amide bonds. The predicted octanol–water partition coefficient (Wildman–Crippen LogP) is 2.42. The number of hydrogen-bond acceptors (Lipinski definition) is 4. The van der Waals surface area contributed by atoms with Crippen molar-refractivity contribution in [3.05, 3.63) is 48.5 Å². The van der Waals surface area contributed by atoms with E-state index in [1.165, 1.54) is 4.90 Å². The number of nitrogens with zero attached hydrogens (tertiary/aromatic N) is 3. The average molecular weight is 350 g/mol. The molecule has 0 radical (unpaired) electrons. The molecule has 0 saturated carbocycles. The molecular weight excluding hydrogens is 332 g/mol. The number of fused-ring (bicyclic) bond motifs is 2. The molecule has 1 N–H and O–H groups in total. The number of amides is 2. The van der Waals surface area contributed by atoms with Gasteiger partial charge in [-0.2, -0.15) is 0 Å². The first-order valence-electron chi connectivity index (χ1n) is 8.44. The zero-order chi connectivity index (χ0) is 18.1. The Morgan fingerprint density at radius 1 is 1.19 bits per heavy atom. The molecule has 0 saturated heterocycles. The third kappa shape index (κ3) is 2.77. The second-order valence-corrected chi connectivity index (χ2v) is 5.95. The smallest absolute Gasteiger partial charge is 0.265 e. The predicted molar refractivity (Wildman–Crippen MR) is 98.3 cm³/mol. The summed E-state index contributed by atoms with van der Waals surface area (Å²) in [5, 5.41) is 2.83. The van der Waals surface area contributed by atoms with Crippen LogP contribution in [0.2, 0.25) is 0 Å². The number of rotatable bonds is 4. The summed E-state index contributed by atoms with van der Waals surface area (Å²) in [6.07, 6.45) is 0. The molecule has 0 fully saturated rings. The Morgan fingerprint density at radius 2 is 1.96 bits per heavy atom. The van der Waals surface area contributed by atoms with Gasteiger partial charge in [0, 0.05) is 6.54 Å². The number of hydrogen-bond donors (Lipinski definition) is 1. The summed E-state index contributed by atoms with van der Waals surface area (Å²) < 4.78 is 7.34. The molecule has 1 aliphatic rings. The van der Waals surface area contributed by atoms with Gasteiger partial charge in [-0.1, -0.05) is 24.3 Å². The number of ether oxygens (including phenoxy) is 1. The molecule has 0 spiro atoms. The first-order valence-corrected chi connectivity index (χ1v) is 8.44. The largest absolute Gasteiger partial charge is 0.482 e. The van der Waals surface area contributed by atoms with Crippen LogP contribution in [0.15, 0.2) is 48.5 Å². The van der Waals surface area contributed by atoms with Crippen molar-refractivity contribution in [3.8, 4) is 5.75 Å². The highest BCUT2D eigenvalue weighted by Gasteiger charge is 2.27. The van der Waals surface area contributed by atoms with E-state index < -0.39 is 0 Å². The number of benzene rings is 2. The van der Waals surface area contributed by atoms with Gasteiger partial charge < -0.3 is 9.30 Å². The standard InChI is InChI=1S/C19H18N4O3/c1-2-22-14-8-4-3-7-13(14)20-19(22)21-17(24)11-23-15-9-5-6-10-16(15)26-12-18(23)25/h3-10H,2,11-12H2,1H3,(H,20,21,24). The lowest BCUT2D eigenvalue weighted by Crippen LogP contribution is -2.43. The Morgan fingerprint density at radius 3 is 2.81 bits per heavy atom. The highest BCUT2D eigenvalue weighted by molar-refractivity contribution is 6.04. The maximum absolute atomic E-state index is 12.6. The zero-order valence-electron chi connectivity index (χ0n) is 14.3. The molecule has 26 heavy (non-hydrogen) atoms. The van der Waals surface area contributed by atoms with Crippen LogP contribution in [-0.2, 0) is 16.1 Å². The molecule has 1 aromatic heterocycles. The topological polar surface area (TPSA) is 76.5 Å². The molecule has 0 aliphatic carbocycles. The zero-order valence-corrected chi connectivity index (χ0v) is 14.3. The fourth-order valence-electron chi connectivity index (χ4n) is 3.13. The number of aryl methyl sites for hydroxylation is 1. The van der Waals surface area contributed by atoms with E-state index in [1.807, 2.05) is 47.9 Å². The van der Waals surface area contributed by atoms with Crippen molar-refractivity contribution in [1.82, 2.24) is 9.55 Å². The van der Waals surface area contributed by atoms with Gasteiger partial charge in [-0.05, 0) is 31.2 Å². The highest BCUT2D eigenvalue weighted by Crippen LogP contribution is 2.31. The van der Waals surface area contributed by atoms with Gasteiger partial charge in [0.1, 0.15) is 12.3 Å². The number of carbonyl (C=O) groups excluding carboxylic acids is 2. The second-order valence-electron chi connectivity index (χ2n) is 5.95. The number of para-hydroxylation sites is 4. The van der Waals surface area contributed by atoms with Crippen LogP contribution >= 0.6 is 0 Å². The summed E-state index contributed by atoms with van der Waals surface area (Å²) in [4.78, 5) is 30.7. The van der Waals surface area contributed by atoms with E-state index in [0.717, 1.165) is 11.0 Å². The Bertz CT molecular complexity index is 995. The molecule has 2 aromatic carbocycles. The van der Waals surface area contributed by atoms with Crippen LogP contribution in [0.25, 0.3) is 11.0 Å². The van der Waals surface area contributed by atoms with Crippen LogP contribution in [0, 0.1) is 0 Å². The molecule has 0 bridgehead atoms. The van der Waals surface area contributed by atoms with Crippen LogP contribution < -0.4 is 15.0 Å². The van der Waals surface area contributed by atoms with Crippen LogP contribution in [0.4, 0.5) is 11.6 Å². The van der Waals surface area contributed by atoms with Gasteiger partial charge in [0.15, 0.2) is 6.61 Å². The minimum atomic E-state index is -0.306. The third-order valence-corrected chi connectivity index (χ3v) is 4.33. The van der Waals surface area contributed by atoms with Crippen LogP contribution in [0.5, 0.6) is 5.75 Å². The molecular formula is C19H18N4O3. The Hall–Kier alpha value is -3.35. The molecule has 2 heterocycles. The maximum atomic E-state index is 12.6. The lowest BCUT2D eigenvalue weighted by Gasteiger charge is -2.28. The van der Waals surface area contributed by atoms with Crippen molar-refractivity contribution in [3.63, 3.8) is 0 Å². The Kier molecular flexibility index (Phi) is 4.04. The van der Waals surface area contributed by atoms with Gasteiger partial charge in [0.05, 0.1) is 16.7 Å². The lowest BCUT2D eigenvalue weighted by atomic mass is 10.2. The summed E-state index contributed by atoms with van der Waals surface area (Å²) in [6.45, 7) is 2.50. The van der Waals surface area contributed by atoms with E-state index in [9.17, 15) is 9.59 Å². The van der Waals surface area contributed by atoms with Gasteiger partial charge in [-0.3, -0.25) is 19.8 Å². The first-order chi connectivity index (χ1) is 12.7. The van der Waals surface area contributed by atoms with Crippen LogP contribution in [-0.4, -0.2) is 34.5 Å². The van der Waals surface area contributed by atoms with Gasteiger partial charge in [-0.25, -0.2) is 4.98 Å². The van der Waals surface area contributed by atoms with Crippen LogP contribution in [0.1, 0.15) is 6.92 Å². The van der Waals surface area contributed by atoms with Gasteiger partial charge in [0.2, 0.25) is 11.9 Å². The summed E-state index contributed by atoms with van der Waals surface area (Å²) in [7, 11) is 0. The molecule has 7 nitrogen and oxygen atoms in total. The Labute approximate surface area is 150 Å². The number of imidazole rings is 1.